The molecule has 164 valence electrons. The molecule has 32 heavy (non-hydrogen) atoms. The summed E-state index contributed by atoms with van der Waals surface area (Å²) in [7, 11) is 0. The van der Waals surface area contributed by atoms with Crippen LogP contribution in [0.25, 0.3) is 5.76 Å². The van der Waals surface area contributed by atoms with Gasteiger partial charge in [-0.25, -0.2) is 9.37 Å². The van der Waals surface area contributed by atoms with E-state index in [1.807, 2.05) is 24.3 Å². The van der Waals surface area contributed by atoms with E-state index in [1.165, 1.54) is 23.3 Å². The van der Waals surface area contributed by atoms with Crippen LogP contribution in [-0.2, 0) is 19.3 Å². The maximum absolute atomic E-state index is 13.2. The molecule has 0 spiro atoms. The number of anilines is 2. The summed E-state index contributed by atoms with van der Waals surface area (Å²) in [5.41, 5.74) is 5.36. The lowest BCUT2D eigenvalue weighted by Crippen LogP contribution is -2.47. The molecule has 2 aliphatic rings. The van der Waals surface area contributed by atoms with Crippen molar-refractivity contribution in [3.05, 3.63) is 82.9 Å². The van der Waals surface area contributed by atoms with Gasteiger partial charge in [-0.2, -0.15) is 5.10 Å². The molecule has 1 saturated heterocycles. The average Bonchev–Trinajstić information content (AvgIpc) is 3.31. The van der Waals surface area contributed by atoms with Crippen LogP contribution >= 0.6 is 0 Å². The number of hydrogen-bond donors (Lipinski definition) is 1. The first kappa shape index (κ1) is 20.4. The molecule has 1 aliphatic heterocycles. The number of rotatable bonds is 5. The van der Waals surface area contributed by atoms with Gasteiger partial charge in [-0.15, -0.1) is 5.10 Å². The molecule has 0 radical (unpaired) electrons. The number of aliphatic hydroxyl groups excluding tert-OH is 1. The predicted octanol–water partition coefficient (Wildman–Crippen LogP) is 3.95. The third-order valence-electron chi connectivity index (χ3n) is 6.37. The van der Waals surface area contributed by atoms with Gasteiger partial charge in [0.2, 0.25) is 0 Å². The molecular weight excluding hydrogens is 405 g/mol. The van der Waals surface area contributed by atoms with E-state index < -0.39 is 0 Å². The van der Waals surface area contributed by atoms with Gasteiger partial charge in [-0.05, 0) is 54.7 Å². The van der Waals surface area contributed by atoms with E-state index in [2.05, 4.69) is 31.6 Å². The van der Waals surface area contributed by atoms with Crippen LogP contribution in [0.5, 0.6) is 0 Å². The summed E-state index contributed by atoms with van der Waals surface area (Å²) in [6.45, 7) is 6.95. The van der Waals surface area contributed by atoms with Crippen LogP contribution < -0.4 is 9.80 Å². The lowest BCUT2D eigenvalue weighted by molar-refractivity contribution is 0.513. The highest BCUT2D eigenvalue weighted by Gasteiger charge is 2.27. The van der Waals surface area contributed by atoms with Gasteiger partial charge in [0, 0.05) is 49.9 Å². The summed E-state index contributed by atoms with van der Waals surface area (Å²) < 4.78 is 13.2. The number of fused-ring (bicyclic) bond motifs is 1. The number of pyridine rings is 1. The normalized spacial score (nSPS) is 15.7. The number of halogens is 1. The second kappa shape index (κ2) is 8.57. The fourth-order valence-electron chi connectivity index (χ4n) is 4.62. The SMILES string of the molecule is C=C(O)c1ccc(N2CCN(c3nnc(Cc4ccc(F)cc4)c4c3CCC4)CC2)nc1. The van der Waals surface area contributed by atoms with Crippen LogP contribution in [-0.4, -0.2) is 46.5 Å². The number of nitrogens with zero attached hydrogens (tertiary/aromatic N) is 5. The van der Waals surface area contributed by atoms with Crippen molar-refractivity contribution in [3.8, 4) is 0 Å². The minimum absolute atomic E-state index is 0.0316. The largest absolute Gasteiger partial charge is 0.508 e. The first-order chi connectivity index (χ1) is 15.6. The molecule has 3 heterocycles. The van der Waals surface area contributed by atoms with Crippen molar-refractivity contribution in [2.75, 3.05) is 36.0 Å². The molecule has 1 aromatic carbocycles. The molecule has 3 aromatic rings. The van der Waals surface area contributed by atoms with Crippen LogP contribution in [0.15, 0.2) is 49.2 Å². The number of hydrogen-bond acceptors (Lipinski definition) is 6. The van der Waals surface area contributed by atoms with Crippen molar-refractivity contribution in [1.29, 1.82) is 0 Å². The van der Waals surface area contributed by atoms with E-state index in [0.29, 0.717) is 12.0 Å². The van der Waals surface area contributed by atoms with Gasteiger partial charge in [0.25, 0.3) is 0 Å². The summed E-state index contributed by atoms with van der Waals surface area (Å²) >= 11 is 0. The van der Waals surface area contributed by atoms with Crippen molar-refractivity contribution in [3.63, 3.8) is 0 Å². The zero-order chi connectivity index (χ0) is 22.1. The minimum atomic E-state index is -0.218. The molecule has 2 aromatic heterocycles. The van der Waals surface area contributed by atoms with E-state index in [4.69, 9.17) is 0 Å². The third kappa shape index (κ3) is 4.02. The van der Waals surface area contributed by atoms with Crippen molar-refractivity contribution in [2.45, 2.75) is 25.7 Å². The number of aromatic nitrogens is 3. The summed E-state index contributed by atoms with van der Waals surface area (Å²) in [5.74, 6) is 1.73. The Balaban J connectivity index is 1.30. The smallest absolute Gasteiger partial charge is 0.154 e. The topological polar surface area (TPSA) is 65.4 Å². The van der Waals surface area contributed by atoms with Crippen molar-refractivity contribution in [1.82, 2.24) is 15.2 Å². The summed E-state index contributed by atoms with van der Waals surface area (Å²) in [6.07, 6.45) is 5.53. The predicted molar refractivity (Wildman–Crippen MR) is 124 cm³/mol. The second-order valence-electron chi connectivity index (χ2n) is 8.41. The molecule has 5 rings (SSSR count). The fourth-order valence-corrected chi connectivity index (χ4v) is 4.62. The van der Waals surface area contributed by atoms with Gasteiger partial charge < -0.3 is 14.9 Å². The Morgan fingerprint density at radius 3 is 2.34 bits per heavy atom. The Labute approximate surface area is 187 Å². The summed E-state index contributed by atoms with van der Waals surface area (Å²) in [5, 5.41) is 18.7. The molecule has 1 fully saturated rings. The molecule has 0 atom stereocenters. The number of piperazine rings is 1. The zero-order valence-electron chi connectivity index (χ0n) is 18.0. The van der Waals surface area contributed by atoms with Gasteiger partial charge >= 0.3 is 0 Å². The lowest BCUT2D eigenvalue weighted by atomic mass is 10.0. The van der Waals surface area contributed by atoms with E-state index in [1.54, 1.807) is 6.20 Å². The van der Waals surface area contributed by atoms with E-state index in [9.17, 15) is 9.50 Å². The van der Waals surface area contributed by atoms with Crippen LogP contribution in [0.1, 0.15) is 34.4 Å². The molecule has 0 amide bonds. The highest BCUT2D eigenvalue weighted by molar-refractivity contribution is 5.58. The maximum atomic E-state index is 13.2. The first-order valence-electron chi connectivity index (χ1n) is 11.0. The van der Waals surface area contributed by atoms with E-state index >= 15 is 0 Å². The molecule has 1 N–H and O–H groups in total. The number of benzene rings is 1. The quantitative estimate of drug-likeness (QED) is 0.618. The van der Waals surface area contributed by atoms with Crippen molar-refractivity contribution >= 4 is 17.4 Å². The Kier molecular flexibility index (Phi) is 5.47. The number of aliphatic hydroxyl groups is 1. The van der Waals surface area contributed by atoms with Gasteiger partial charge in [0.05, 0.1) is 5.69 Å². The second-order valence-corrected chi connectivity index (χ2v) is 8.41. The van der Waals surface area contributed by atoms with Crippen LogP contribution in [0.2, 0.25) is 0 Å². The molecule has 0 unspecified atom stereocenters. The van der Waals surface area contributed by atoms with Crippen molar-refractivity contribution < 1.29 is 9.50 Å². The molecule has 0 bridgehead atoms. The highest BCUT2D eigenvalue weighted by atomic mass is 19.1. The first-order valence-corrected chi connectivity index (χ1v) is 11.0. The highest BCUT2D eigenvalue weighted by Crippen LogP contribution is 2.32. The zero-order valence-corrected chi connectivity index (χ0v) is 18.0. The Morgan fingerprint density at radius 1 is 0.938 bits per heavy atom. The molecular formula is C25H26FN5O. The van der Waals surface area contributed by atoms with Crippen LogP contribution in [0.3, 0.4) is 0 Å². The minimum Gasteiger partial charge on any atom is -0.508 e. The van der Waals surface area contributed by atoms with Gasteiger partial charge in [-0.1, -0.05) is 18.7 Å². The van der Waals surface area contributed by atoms with Gasteiger partial charge in [0.15, 0.2) is 5.82 Å². The Morgan fingerprint density at radius 2 is 1.66 bits per heavy atom. The standard InChI is InChI=1S/C25H26FN5O/c1-17(32)19-7-10-24(27-16-19)30-11-13-31(14-12-30)25-22-4-2-3-21(22)23(28-29-25)15-18-5-8-20(26)9-6-18/h5-10,16,32H,1-4,11-15H2. The van der Waals surface area contributed by atoms with Crippen molar-refractivity contribution in [2.24, 2.45) is 0 Å². The average molecular weight is 432 g/mol. The lowest BCUT2D eigenvalue weighted by Gasteiger charge is -2.36. The molecule has 1 aliphatic carbocycles. The van der Waals surface area contributed by atoms with Gasteiger partial charge in [0.1, 0.15) is 17.4 Å². The fraction of sp³-hybridized carbons (Fsp3) is 0.320. The van der Waals surface area contributed by atoms with E-state index in [0.717, 1.165) is 68.3 Å². The van der Waals surface area contributed by atoms with Gasteiger partial charge in [-0.3, -0.25) is 0 Å². The maximum Gasteiger partial charge on any atom is 0.154 e. The monoisotopic (exact) mass is 431 g/mol. The Bertz CT molecular complexity index is 1120. The third-order valence-corrected chi connectivity index (χ3v) is 6.37. The Hall–Kier alpha value is -3.48. The van der Waals surface area contributed by atoms with Crippen LogP contribution in [0, 0.1) is 5.82 Å². The van der Waals surface area contributed by atoms with E-state index in [-0.39, 0.29) is 11.6 Å². The summed E-state index contributed by atoms with van der Waals surface area (Å²) in [4.78, 5) is 9.05. The molecule has 6 nitrogen and oxygen atoms in total. The summed E-state index contributed by atoms with van der Waals surface area (Å²) in [6, 6.07) is 10.4. The molecule has 7 heteroatoms. The van der Waals surface area contributed by atoms with Crippen LogP contribution in [0.4, 0.5) is 16.0 Å². The molecule has 0 saturated carbocycles.